The summed E-state index contributed by atoms with van der Waals surface area (Å²) in [5.41, 5.74) is 0. The fourth-order valence-corrected chi connectivity index (χ4v) is 3.06. The van der Waals surface area contributed by atoms with Gasteiger partial charge in [0.25, 0.3) is 0 Å². The summed E-state index contributed by atoms with van der Waals surface area (Å²) in [6, 6.07) is 0.710. The first kappa shape index (κ1) is 17.7. The van der Waals surface area contributed by atoms with Gasteiger partial charge in [0.15, 0.2) is 5.96 Å². The van der Waals surface area contributed by atoms with Crippen LogP contribution in [0.3, 0.4) is 0 Å². The Bertz CT molecular complexity index is 483. The van der Waals surface area contributed by atoms with Crippen LogP contribution in [0.15, 0.2) is 11.3 Å². The van der Waals surface area contributed by atoms with Crippen LogP contribution in [-0.4, -0.2) is 64.9 Å². The Kier molecular flexibility index (Phi) is 7.32. The van der Waals surface area contributed by atoms with E-state index >= 15 is 0 Å². The second-order valence-corrected chi connectivity index (χ2v) is 6.10. The van der Waals surface area contributed by atoms with Gasteiger partial charge in [-0.15, -0.1) is 10.2 Å². The van der Waals surface area contributed by atoms with Crippen LogP contribution in [0.5, 0.6) is 0 Å². The average molecular weight is 321 g/mol. The van der Waals surface area contributed by atoms with E-state index in [0.717, 1.165) is 44.4 Å². The number of hydrogen-bond donors (Lipinski definition) is 2. The molecule has 2 heterocycles. The zero-order chi connectivity index (χ0) is 16.5. The minimum atomic E-state index is 0.710. The maximum Gasteiger partial charge on any atom is 0.191 e. The van der Waals surface area contributed by atoms with Crippen molar-refractivity contribution < 1.29 is 0 Å². The molecule has 1 aromatic rings. The molecule has 0 aliphatic carbocycles. The number of piperidine rings is 1. The van der Waals surface area contributed by atoms with Crippen molar-refractivity contribution in [1.29, 1.82) is 0 Å². The molecule has 1 fully saturated rings. The lowest BCUT2D eigenvalue weighted by Crippen LogP contribution is -2.45. The van der Waals surface area contributed by atoms with Crippen LogP contribution in [0.4, 0.5) is 0 Å². The van der Waals surface area contributed by atoms with E-state index in [2.05, 4.69) is 49.1 Å². The van der Waals surface area contributed by atoms with Gasteiger partial charge in [-0.25, -0.2) is 0 Å². The highest BCUT2D eigenvalue weighted by molar-refractivity contribution is 5.79. The maximum absolute atomic E-state index is 4.29. The Morgan fingerprint density at radius 3 is 2.78 bits per heavy atom. The van der Waals surface area contributed by atoms with Gasteiger partial charge in [0.05, 0.1) is 0 Å². The summed E-state index contributed by atoms with van der Waals surface area (Å²) in [5.74, 6) is 1.88. The predicted molar refractivity (Wildman–Crippen MR) is 93.7 cm³/mol. The fraction of sp³-hybridized carbons (Fsp3) is 0.812. The molecule has 23 heavy (non-hydrogen) atoms. The van der Waals surface area contributed by atoms with Gasteiger partial charge in [-0.1, -0.05) is 13.3 Å². The van der Waals surface area contributed by atoms with Crippen LogP contribution in [0.1, 0.15) is 38.9 Å². The third-order valence-electron chi connectivity index (χ3n) is 4.51. The first-order valence-electron chi connectivity index (χ1n) is 8.79. The molecular formula is C16H31N7. The molecule has 1 unspecified atom stereocenters. The van der Waals surface area contributed by atoms with Gasteiger partial charge in [0.2, 0.25) is 0 Å². The molecule has 0 spiro atoms. The summed E-state index contributed by atoms with van der Waals surface area (Å²) in [6.07, 6.45) is 6.72. The molecule has 0 amide bonds. The molecule has 0 bridgehead atoms. The van der Waals surface area contributed by atoms with Gasteiger partial charge >= 0.3 is 0 Å². The second-order valence-electron chi connectivity index (χ2n) is 6.10. The van der Waals surface area contributed by atoms with Gasteiger partial charge in [-0.2, -0.15) is 0 Å². The number of hydrogen-bond acceptors (Lipinski definition) is 4. The molecule has 2 N–H and O–H groups in total. The van der Waals surface area contributed by atoms with Crippen LogP contribution >= 0.6 is 0 Å². The first-order chi connectivity index (χ1) is 11.2. The van der Waals surface area contributed by atoms with Gasteiger partial charge in [-0.05, 0) is 26.3 Å². The highest BCUT2D eigenvalue weighted by Crippen LogP contribution is 2.15. The largest absolute Gasteiger partial charge is 0.355 e. The lowest BCUT2D eigenvalue weighted by molar-refractivity contribution is 0.163. The Morgan fingerprint density at radius 1 is 1.30 bits per heavy atom. The third kappa shape index (κ3) is 5.49. The number of aliphatic imine (C=N–C) groups is 1. The van der Waals surface area contributed by atoms with Crippen LogP contribution in [0, 0.1) is 0 Å². The molecule has 1 saturated heterocycles. The van der Waals surface area contributed by atoms with E-state index in [-0.39, 0.29) is 0 Å². The molecule has 7 nitrogen and oxygen atoms in total. The number of rotatable bonds is 7. The molecule has 1 aliphatic heterocycles. The monoisotopic (exact) mass is 321 g/mol. The average Bonchev–Trinajstić information content (AvgIpc) is 3.02. The standard InChI is InChI=1S/C16H31N7/c1-4-15-21-20-13-23(15)12-9-19-16(17-3)18-8-11-22-10-6-5-7-14(22)2/h13-14H,4-12H2,1-3H3,(H2,17,18,19). The summed E-state index contributed by atoms with van der Waals surface area (Å²) in [5, 5.41) is 14.8. The summed E-state index contributed by atoms with van der Waals surface area (Å²) < 4.78 is 2.08. The van der Waals surface area contributed by atoms with Gasteiger partial charge < -0.3 is 15.2 Å². The van der Waals surface area contributed by atoms with E-state index in [1.807, 2.05) is 7.05 Å². The van der Waals surface area contributed by atoms with E-state index in [9.17, 15) is 0 Å². The molecule has 1 atom stereocenters. The molecular weight excluding hydrogens is 290 g/mol. The van der Waals surface area contributed by atoms with Crippen molar-refractivity contribution in [2.75, 3.05) is 33.2 Å². The number of aromatic nitrogens is 3. The normalized spacial score (nSPS) is 19.8. The highest BCUT2D eigenvalue weighted by atomic mass is 15.3. The van der Waals surface area contributed by atoms with Gasteiger partial charge in [-0.3, -0.25) is 9.89 Å². The molecule has 0 aromatic carbocycles. The minimum Gasteiger partial charge on any atom is -0.355 e. The molecule has 1 aliphatic rings. The van der Waals surface area contributed by atoms with Crippen LogP contribution < -0.4 is 10.6 Å². The quantitative estimate of drug-likeness (QED) is 0.576. The van der Waals surface area contributed by atoms with Crippen molar-refractivity contribution in [1.82, 2.24) is 30.3 Å². The number of aryl methyl sites for hydroxylation is 1. The van der Waals surface area contributed by atoms with Gasteiger partial charge in [0.1, 0.15) is 12.2 Å². The third-order valence-corrected chi connectivity index (χ3v) is 4.51. The van der Waals surface area contributed by atoms with Crippen molar-refractivity contribution in [3.05, 3.63) is 12.2 Å². The van der Waals surface area contributed by atoms with Crippen molar-refractivity contribution in [3.63, 3.8) is 0 Å². The summed E-state index contributed by atoms with van der Waals surface area (Å²) >= 11 is 0. The number of nitrogens with one attached hydrogen (secondary N) is 2. The lowest BCUT2D eigenvalue weighted by atomic mass is 10.0. The van der Waals surface area contributed by atoms with E-state index in [0.29, 0.717) is 6.04 Å². The van der Waals surface area contributed by atoms with Crippen LogP contribution in [0.25, 0.3) is 0 Å². The molecule has 0 radical (unpaired) electrons. The van der Waals surface area contributed by atoms with Crippen molar-refractivity contribution in [2.24, 2.45) is 4.99 Å². The summed E-state index contributed by atoms with van der Waals surface area (Å²) in [7, 11) is 1.81. The zero-order valence-electron chi connectivity index (χ0n) is 14.8. The van der Waals surface area contributed by atoms with Crippen molar-refractivity contribution in [2.45, 2.75) is 52.1 Å². The van der Waals surface area contributed by atoms with Gasteiger partial charge in [0, 0.05) is 45.7 Å². The molecule has 7 heteroatoms. The molecule has 130 valence electrons. The van der Waals surface area contributed by atoms with Crippen molar-refractivity contribution in [3.8, 4) is 0 Å². The Balaban J connectivity index is 1.65. The number of likely N-dealkylation sites (tertiary alicyclic amines) is 1. The Morgan fingerprint density at radius 2 is 2.09 bits per heavy atom. The Labute approximate surface area is 139 Å². The SMILES string of the molecule is CCc1nncn1CCNC(=NC)NCCN1CCCCC1C. The molecule has 0 saturated carbocycles. The van der Waals surface area contributed by atoms with E-state index in [4.69, 9.17) is 0 Å². The summed E-state index contributed by atoms with van der Waals surface area (Å²) in [4.78, 5) is 6.85. The van der Waals surface area contributed by atoms with E-state index in [1.54, 1.807) is 6.33 Å². The fourth-order valence-electron chi connectivity index (χ4n) is 3.06. The van der Waals surface area contributed by atoms with E-state index < -0.39 is 0 Å². The molecule has 1 aromatic heterocycles. The van der Waals surface area contributed by atoms with Crippen molar-refractivity contribution >= 4 is 5.96 Å². The zero-order valence-corrected chi connectivity index (χ0v) is 14.8. The Hall–Kier alpha value is -1.63. The first-order valence-corrected chi connectivity index (χ1v) is 8.79. The topological polar surface area (TPSA) is 70.4 Å². The molecule has 2 rings (SSSR count). The summed E-state index contributed by atoms with van der Waals surface area (Å²) in [6.45, 7) is 9.31. The number of nitrogens with zero attached hydrogens (tertiary/aromatic N) is 5. The van der Waals surface area contributed by atoms with Crippen LogP contribution in [-0.2, 0) is 13.0 Å². The van der Waals surface area contributed by atoms with Crippen LogP contribution in [0.2, 0.25) is 0 Å². The minimum absolute atomic E-state index is 0.710. The predicted octanol–water partition coefficient (Wildman–Crippen LogP) is 0.880. The highest BCUT2D eigenvalue weighted by Gasteiger charge is 2.17. The second kappa shape index (κ2) is 9.50. The van der Waals surface area contributed by atoms with E-state index in [1.165, 1.54) is 25.8 Å². The number of guanidine groups is 1. The lowest BCUT2D eigenvalue weighted by Gasteiger charge is -2.33. The maximum atomic E-state index is 4.29. The smallest absolute Gasteiger partial charge is 0.191 e.